The van der Waals surface area contributed by atoms with Gasteiger partial charge in [0.2, 0.25) is 0 Å². The van der Waals surface area contributed by atoms with Crippen molar-refractivity contribution >= 4 is 25.3 Å². The van der Waals surface area contributed by atoms with Crippen LogP contribution in [0.2, 0.25) is 0 Å². The van der Waals surface area contributed by atoms with Crippen LogP contribution in [0.5, 0.6) is 0 Å². The van der Waals surface area contributed by atoms with Crippen LogP contribution in [0.3, 0.4) is 0 Å². The van der Waals surface area contributed by atoms with Crippen LogP contribution < -0.4 is 0 Å². The Kier molecular flexibility index (Phi) is 2.76. The zero-order valence-electron chi connectivity index (χ0n) is 7.75. The van der Waals surface area contributed by atoms with Crippen LogP contribution in [-0.2, 0) is 0 Å². The molecular weight excluding hydrogens is 224 g/mol. The molecule has 0 aliphatic heterocycles. The molecule has 0 fully saturated rings. The smallest absolute Gasteiger partial charge is 0.0991 e. The van der Waals surface area contributed by atoms with E-state index in [2.05, 4.69) is 31.3 Å². The second-order valence-corrected chi connectivity index (χ2v) is 4.06. The molecule has 0 amide bonds. The lowest BCUT2D eigenvalue weighted by molar-refractivity contribution is 1.06. The topological polar surface area (TPSA) is 28.7 Å². The zero-order valence-corrected chi connectivity index (χ0v) is 9.54. The summed E-state index contributed by atoms with van der Waals surface area (Å²) in [7, 11) is 0. The quantitative estimate of drug-likeness (QED) is 0.727. The van der Waals surface area contributed by atoms with Crippen molar-refractivity contribution in [3.8, 4) is 11.8 Å². The average molecular weight is 232 g/mol. The summed E-state index contributed by atoms with van der Waals surface area (Å²) < 4.78 is 1.92. The molecule has 0 saturated heterocycles. The summed E-state index contributed by atoms with van der Waals surface area (Å²) in [5.41, 5.74) is 1.65. The first kappa shape index (κ1) is 10.2. The molecule has 0 spiro atoms. The van der Waals surface area contributed by atoms with E-state index < -0.39 is 0 Å². The lowest BCUT2D eigenvalue weighted by Gasteiger charge is -2.01. The van der Waals surface area contributed by atoms with Crippen molar-refractivity contribution in [1.29, 1.82) is 5.26 Å². The summed E-state index contributed by atoms with van der Waals surface area (Å²) in [6.07, 6.45) is 3.76. The molecule has 1 aromatic carbocycles. The Bertz CT molecular complexity index is 501. The Morgan fingerprint density at radius 3 is 2.00 bits per heavy atom. The predicted molar refractivity (Wildman–Crippen MR) is 65.0 cm³/mol. The van der Waals surface area contributed by atoms with E-state index in [1.54, 1.807) is 12.1 Å². The maximum absolute atomic E-state index is 8.67. The molecule has 1 heterocycles. The van der Waals surface area contributed by atoms with Gasteiger partial charge in [-0.1, -0.05) is 0 Å². The molecule has 2 nitrogen and oxygen atoms in total. The largest absolute Gasteiger partial charge is 0.322 e. The first-order valence-electron chi connectivity index (χ1n) is 4.31. The van der Waals surface area contributed by atoms with Crippen molar-refractivity contribution in [2.24, 2.45) is 0 Å². The van der Waals surface area contributed by atoms with E-state index in [0.29, 0.717) is 5.56 Å². The highest BCUT2D eigenvalue weighted by atomic mass is 32.1. The van der Waals surface area contributed by atoms with Crippen molar-refractivity contribution in [1.82, 2.24) is 4.57 Å². The Labute approximate surface area is 99.0 Å². The van der Waals surface area contributed by atoms with E-state index in [1.165, 1.54) is 0 Å². The highest BCUT2D eigenvalue weighted by molar-refractivity contribution is 7.83. The van der Waals surface area contributed by atoms with Crippen LogP contribution in [0.1, 0.15) is 5.56 Å². The summed E-state index contributed by atoms with van der Waals surface area (Å²) >= 11 is 8.52. The Balaban J connectivity index is 2.42. The zero-order chi connectivity index (χ0) is 10.8. The van der Waals surface area contributed by atoms with E-state index in [4.69, 9.17) is 5.26 Å². The second-order valence-electron chi connectivity index (χ2n) is 3.09. The van der Waals surface area contributed by atoms with Gasteiger partial charge in [-0.2, -0.15) is 5.26 Å². The number of aromatic nitrogens is 1. The summed E-state index contributed by atoms with van der Waals surface area (Å²) in [6.45, 7) is 0. The van der Waals surface area contributed by atoms with Gasteiger partial charge in [0, 0.05) is 27.9 Å². The summed E-state index contributed by atoms with van der Waals surface area (Å²) in [5.74, 6) is 0. The number of hydrogen-bond acceptors (Lipinski definition) is 3. The molecule has 0 bridgehead atoms. The summed E-state index contributed by atoms with van der Waals surface area (Å²) in [5, 5.41) is 8.67. The molecule has 0 unspecified atom stereocenters. The molecular formula is C11H8N2S2. The normalized spacial score (nSPS) is 9.93. The van der Waals surface area contributed by atoms with E-state index >= 15 is 0 Å². The van der Waals surface area contributed by atoms with Crippen molar-refractivity contribution in [3.05, 3.63) is 42.2 Å². The maximum atomic E-state index is 8.67. The lowest BCUT2D eigenvalue weighted by Crippen LogP contribution is -1.88. The number of nitriles is 1. The van der Waals surface area contributed by atoms with E-state index in [-0.39, 0.29) is 0 Å². The molecule has 0 atom stereocenters. The third-order valence-corrected chi connectivity index (χ3v) is 2.97. The van der Waals surface area contributed by atoms with Crippen LogP contribution in [0.4, 0.5) is 0 Å². The average Bonchev–Trinajstić information content (AvgIpc) is 2.59. The van der Waals surface area contributed by atoms with Gasteiger partial charge in [-0.05, 0) is 24.3 Å². The van der Waals surface area contributed by atoms with E-state index in [1.807, 2.05) is 29.1 Å². The fraction of sp³-hybridized carbons (Fsp3) is 0. The van der Waals surface area contributed by atoms with Crippen LogP contribution in [0, 0.1) is 11.3 Å². The Hall–Kier alpha value is -1.31. The number of benzene rings is 1. The highest BCUT2D eigenvalue weighted by Crippen LogP contribution is 2.21. The van der Waals surface area contributed by atoms with Gasteiger partial charge in [-0.15, -0.1) is 25.3 Å². The molecule has 2 aromatic rings. The van der Waals surface area contributed by atoms with Gasteiger partial charge in [0.05, 0.1) is 11.6 Å². The molecule has 0 aliphatic carbocycles. The molecule has 15 heavy (non-hydrogen) atoms. The minimum Gasteiger partial charge on any atom is -0.322 e. The van der Waals surface area contributed by atoms with E-state index in [9.17, 15) is 0 Å². The van der Waals surface area contributed by atoms with Crippen molar-refractivity contribution in [3.63, 3.8) is 0 Å². The fourth-order valence-corrected chi connectivity index (χ4v) is 1.65. The maximum Gasteiger partial charge on any atom is 0.0991 e. The van der Waals surface area contributed by atoms with Gasteiger partial charge >= 0.3 is 0 Å². The lowest BCUT2D eigenvalue weighted by atomic mass is 10.2. The number of hydrogen-bond donors (Lipinski definition) is 2. The highest BCUT2D eigenvalue weighted by Gasteiger charge is 2.01. The van der Waals surface area contributed by atoms with Gasteiger partial charge < -0.3 is 4.57 Å². The number of rotatable bonds is 1. The molecule has 0 saturated carbocycles. The minimum atomic E-state index is 0.656. The van der Waals surface area contributed by atoms with Gasteiger partial charge in [0.25, 0.3) is 0 Å². The molecule has 0 aliphatic rings. The molecule has 2 rings (SSSR count). The minimum absolute atomic E-state index is 0.656. The van der Waals surface area contributed by atoms with Crippen LogP contribution >= 0.6 is 25.3 Å². The van der Waals surface area contributed by atoms with Crippen LogP contribution in [0.15, 0.2) is 46.5 Å². The third-order valence-electron chi connectivity index (χ3n) is 2.08. The first-order valence-corrected chi connectivity index (χ1v) is 5.20. The molecule has 74 valence electrons. The van der Waals surface area contributed by atoms with Crippen LogP contribution in [-0.4, -0.2) is 4.57 Å². The predicted octanol–water partition coefficient (Wildman–Crippen LogP) is 2.93. The van der Waals surface area contributed by atoms with Crippen molar-refractivity contribution in [2.45, 2.75) is 9.79 Å². The second kappa shape index (κ2) is 4.05. The van der Waals surface area contributed by atoms with Gasteiger partial charge in [0.15, 0.2) is 0 Å². The SMILES string of the molecule is N#Cc1ccc(-n2cc(S)c(S)c2)cc1. The third kappa shape index (κ3) is 2.04. The number of thiol groups is 2. The molecule has 0 radical (unpaired) electrons. The molecule has 0 N–H and O–H groups in total. The van der Waals surface area contributed by atoms with Crippen molar-refractivity contribution < 1.29 is 0 Å². The summed E-state index contributed by atoms with van der Waals surface area (Å²) in [6, 6.07) is 9.43. The van der Waals surface area contributed by atoms with Gasteiger partial charge in [-0.25, -0.2) is 0 Å². The number of nitrogens with zero attached hydrogens (tertiary/aromatic N) is 2. The van der Waals surface area contributed by atoms with Gasteiger partial charge in [-0.3, -0.25) is 0 Å². The van der Waals surface area contributed by atoms with Crippen LogP contribution in [0.25, 0.3) is 5.69 Å². The fourth-order valence-electron chi connectivity index (χ4n) is 1.29. The summed E-state index contributed by atoms with van der Waals surface area (Å²) in [4.78, 5) is 1.67. The molecule has 4 heteroatoms. The first-order chi connectivity index (χ1) is 7.20. The Morgan fingerprint density at radius 1 is 1.00 bits per heavy atom. The van der Waals surface area contributed by atoms with Gasteiger partial charge in [0.1, 0.15) is 0 Å². The standard InChI is InChI=1S/C11H8N2S2/c12-5-8-1-3-9(4-2-8)13-6-10(14)11(15)7-13/h1-4,6-7,14-15H. The molecule has 1 aromatic heterocycles. The Morgan fingerprint density at radius 2 is 1.53 bits per heavy atom. The van der Waals surface area contributed by atoms with Crippen molar-refractivity contribution in [2.75, 3.05) is 0 Å². The monoisotopic (exact) mass is 232 g/mol. The van der Waals surface area contributed by atoms with E-state index in [0.717, 1.165) is 15.5 Å².